The lowest BCUT2D eigenvalue weighted by molar-refractivity contribution is 0.0793. The third-order valence-corrected chi connectivity index (χ3v) is 2.84. The van der Waals surface area contributed by atoms with Gasteiger partial charge < -0.3 is 9.47 Å². The van der Waals surface area contributed by atoms with Crippen molar-refractivity contribution in [2.24, 2.45) is 5.84 Å². The van der Waals surface area contributed by atoms with Gasteiger partial charge in [-0.15, -0.1) is 0 Å². The molecule has 0 aliphatic carbocycles. The van der Waals surface area contributed by atoms with Crippen molar-refractivity contribution < 1.29 is 14.3 Å². The SMILES string of the molecule is CCCCOc1cc(C(=O)N(C)N)cc(OCCCC)n1. The number of nitrogens with zero attached hydrogens (tertiary/aromatic N) is 2. The van der Waals surface area contributed by atoms with Crippen LogP contribution in [0.1, 0.15) is 49.9 Å². The van der Waals surface area contributed by atoms with Crippen LogP contribution in [-0.4, -0.2) is 36.2 Å². The lowest BCUT2D eigenvalue weighted by Gasteiger charge is -2.13. The standard InChI is InChI=1S/C15H25N3O3/c1-4-6-8-20-13-10-12(15(19)18(3)16)11-14(17-13)21-9-7-5-2/h10-11H,4-9,16H2,1-3H3. The quantitative estimate of drug-likeness (QED) is 0.327. The number of ether oxygens (including phenoxy) is 2. The summed E-state index contributed by atoms with van der Waals surface area (Å²) in [4.78, 5) is 16.2. The Bertz CT molecular complexity index is 422. The highest BCUT2D eigenvalue weighted by atomic mass is 16.5. The fourth-order valence-electron chi connectivity index (χ4n) is 1.60. The monoisotopic (exact) mass is 295 g/mol. The third-order valence-electron chi connectivity index (χ3n) is 2.84. The molecule has 1 rings (SSSR count). The summed E-state index contributed by atoms with van der Waals surface area (Å²) >= 11 is 0. The zero-order valence-electron chi connectivity index (χ0n) is 13.1. The summed E-state index contributed by atoms with van der Waals surface area (Å²) in [7, 11) is 1.50. The van der Waals surface area contributed by atoms with Crippen LogP contribution in [0.15, 0.2) is 12.1 Å². The summed E-state index contributed by atoms with van der Waals surface area (Å²) < 4.78 is 11.1. The Hall–Kier alpha value is -1.82. The molecule has 0 aromatic carbocycles. The lowest BCUT2D eigenvalue weighted by atomic mass is 10.2. The highest BCUT2D eigenvalue weighted by Crippen LogP contribution is 2.19. The number of hydrazine groups is 1. The normalized spacial score (nSPS) is 10.3. The van der Waals surface area contributed by atoms with Crippen LogP contribution in [0.2, 0.25) is 0 Å². The van der Waals surface area contributed by atoms with Crippen LogP contribution in [0.3, 0.4) is 0 Å². The average Bonchev–Trinajstić information content (AvgIpc) is 2.47. The largest absolute Gasteiger partial charge is 0.478 e. The van der Waals surface area contributed by atoms with E-state index in [4.69, 9.17) is 15.3 Å². The van der Waals surface area contributed by atoms with E-state index in [-0.39, 0.29) is 5.91 Å². The molecular formula is C15H25N3O3. The molecule has 6 heteroatoms. The Morgan fingerprint density at radius 1 is 1.14 bits per heavy atom. The van der Waals surface area contributed by atoms with E-state index in [1.807, 2.05) is 0 Å². The van der Waals surface area contributed by atoms with Gasteiger partial charge in [0.1, 0.15) is 0 Å². The van der Waals surface area contributed by atoms with Gasteiger partial charge in [-0.05, 0) is 12.8 Å². The maximum Gasteiger partial charge on any atom is 0.267 e. The molecule has 0 unspecified atom stereocenters. The summed E-state index contributed by atoms with van der Waals surface area (Å²) in [6.45, 7) is 5.29. The van der Waals surface area contributed by atoms with Crippen LogP contribution < -0.4 is 15.3 Å². The average molecular weight is 295 g/mol. The molecule has 0 fully saturated rings. The molecule has 0 radical (unpaired) electrons. The number of unbranched alkanes of at least 4 members (excludes halogenated alkanes) is 2. The molecule has 0 bridgehead atoms. The zero-order valence-corrected chi connectivity index (χ0v) is 13.1. The number of pyridine rings is 1. The van der Waals surface area contributed by atoms with Crippen molar-refractivity contribution in [2.75, 3.05) is 20.3 Å². The summed E-state index contributed by atoms with van der Waals surface area (Å²) in [5.74, 6) is 5.97. The van der Waals surface area contributed by atoms with E-state index in [0.29, 0.717) is 30.5 Å². The Labute approximate surface area is 126 Å². The van der Waals surface area contributed by atoms with Gasteiger partial charge in [-0.2, -0.15) is 4.98 Å². The van der Waals surface area contributed by atoms with E-state index < -0.39 is 0 Å². The Morgan fingerprint density at radius 2 is 1.62 bits per heavy atom. The van der Waals surface area contributed by atoms with E-state index in [2.05, 4.69) is 18.8 Å². The maximum atomic E-state index is 12.0. The number of hydrogen-bond acceptors (Lipinski definition) is 5. The van der Waals surface area contributed by atoms with E-state index in [1.165, 1.54) is 7.05 Å². The van der Waals surface area contributed by atoms with Crippen molar-refractivity contribution in [1.29, 1.82) is 0 Å². The van der Waals surface area contributed by atoms with Crippen LogP contribution >= 0.6 is 0 Å². The summed E-state index contributed by atoms with van der Waals surface area (Å²) in [5, 5.41) is 1.03. The first-order valence-corrected chi connectivity index (χ1v) is 7.38. The maximum absolute atomic E-state index is 12.0. The van der Waals surface area contributed by atoms with Crippen LogP contribution in [0.25, 0.3) is 0 Å². The predicted molar refractivity (Wildman–Crippen MR) is 81.3 cm³/mol. The lowest BCUT2D eigenvalue weighted by Crippen LogP contribution is -2.33. The van der Waals surface area contributed by atoms with Gasteiger partial charge in [0.25, 0.3) is 5.91 Å². The number of nitrogens with two attached hydrogens (primary N) is 1. The van der Waals surface area contributed by atoms with Gasteiger partial charge in [-0.3, -0.25) is 9.80 Å². The number of carbonyl (C=O) groups excluding carboxylic acids is 1. The molecule has 0 aliphatic heterocycles. The molecule has 6 nitrogen and oxygen atoms in total. The summed E-state index contributed by atoms with van der Waals surface area (Å²) in [6.07, 6.45) is 3.93. The van der Waals surface area contributed by atoms with Gasteiger partial charge in [0, 0.05) is 19.2 Å². The van der Waals surface area contributed by atoms with Crippen LogP contribution in [0.5, 0.6) is 11.8 Å². The van der Waals surface area contributed by atoms with E-state index in [0.717, 1.165) is 30.7 Å². The van der Waals surface area contributed by atoms with E-state index >= 15 is 0 Å². The molecule has 21 heavy (non-hydrogen) atoms. The third kappa shape index (κ3) is 5.99. The smallest absolute Gasteiger partial charge is 0.267 e. The summed E-state index contributed by atoms with van der Waals surface area (Å²) in [6, 6.07) is 3.18. The van der Waals surface area contributed by atoms with Gasteiger partial charge in [-0.25, -0.2) is 5.84 Å². The summed E-state index contributed by atoms with van der Waals surface area (Å²) in [5.41, 5.74) is 0.410. The Kier molecular flexibility index (Phi) is 7.53. The van der Waals surface area contributed by atoms with Crippen molar-refractivity contribution in [2.45, 2.75) is 39.5 Å². The molecule has 0 aliphatic rings. The molecule has 1 heterocycles. The fraction of sp³-hybridized carbons (Fsp3) is 0.600. The van der Waals surface area contributed by atoms with Crippen LogP contribution in [0.4, 0.5) is 0 Å². The number of hydrogen-bond donors (Lipinski definition) is 1. The van der Waals surface area contributed by atoms with Gasteiger partial charge in [0.2, 0.25) is 11.8 Å². The second-order valence-corrected chi connectivity index (χ2v) is 4.85. The van der Waals surface area contributed by atoms with E-state index in [9.17, 15) is 4.79 Å². The molecule has 0 saturated heterocycles. The second kappa shape index (κ2) is 9.18. The van der Waals surface area contributed by atoms with Crippen molar-refractivity contribution >= 4 is 5.91 Å². The predicted octanol–water partition coefficient (Wildman–Crippen LogP) is 2.39. The Balaban J connectivity index is 2.87. The molecule has 0 saturated carbocycles. The topological polar surface area (TPSA) is 77.7 Å². The minimum atomic E-state index is -0.307. The highest BCUT2D eigenvalue weighted by Gasteiger charge is 2.13. The first-order chi connectivity index (χ1) is 10.1. The van der Waals surface area contributed by atoms with E-state index in [1.54, 1.807) is 12.1 Å². The minimum absolute atomic E-state index is 0.307. The number of carbonyl (C=O) groups is 1. The van der Waals surface area contributed by atoms with Crippen LogP contribution in [-0.2, 0) is 0 Å². The highest BCUT2D eigenvalue weighted by molar-refractivity contribution is 5.94. The first kappa shape index (κ1) is 17.2. The van der Waals surface area contributed by atoms with Crippen LogP contribution in [0, 0.1) is 0 Å². The Morgan fingerprint density at radius 3 is 2.00 bits per heavy atom. The molecule has 118 valence electrons. The molecule has 1 aromatic rings. The first-order valence-electron chi connectivity index (χ1n) is 7.38. The molecular weight excluding hydrogens is 270 g/mol. The minimum Gasteiger partial charge on any atom is -0.478 e. The number of rotatable bonds is 9. The van der Waals surface area contributed by atoms with Crippen molar-refractivity contribution in [3.05, 3.63) is 17.7 Å². The second-order valence-electron chi connectivity index (χ2n) is 4.85. The molecule has 0 spiro atoms. The zero-order chi connectivity index (χ0) is 15.7. The molecule has 1 aromatic heterocycles. The molecule has 0 atom stereocenters. The fourth-order valence-corrected chi connectivity index (χ4v) is 1.60. The van der Waals surface area contributed by atoms with Gasteiger partial charge in [0.15, 0.2) is 0 Å². The van der Waals surface area contributed by atoms with Crippen molar-refractivity contribution in [3.63, 3.8) is 0 Å². The van der Waals surface area contributed by atoms with Gasteiger partial charge in [0.05, 0.1) is 18.8 Å². The van der Waals surface area contributed by atoms with Gasteiger partial charge in [-0.1, -0.05) is 26.7 Å². The number of amides is 1. The molecule has 1 amide bonds. The van der Waals surface area contributed by atoms with Crippen molar-refractivity contribution in [3.8, 4) is 11.8 Å². The molecule has 2 N–H and O–H groups in total. The number of aromatic nitrogens is 1. The van der Waals surface area contributed by atoms with Crippen molar-refractivity contribution in [1.82, 2.24) is 9.99 Å². The van der Waals surface area contributed by atoms with Gasteiger partial charge >= 0.3 is 0 Å².